The van der Waals surface area contributed by atoms with Crippen molar-refractivity contribution in [3.8, 4) is 0 Å². The number of phosphoric ester groups is 1. The van der Waals surface area contributed by atoms with Crippen LogP contribution in [0.15, 0.2) is 122 Å². The van der Waals surface area contributed by atoms with Crippen LogP contribution in [0.4, 0.5) is 0 Å². The first-order valence-corrected chi connectivity index (χ1v) is 22.6. The highest BCUT2D eigenvalue weighted by molar-refractivity contribution is 7.47. The minimum atomic E-state index is -4.75. The number of carbonyl (C=O) groups is 3. The molecule has 0 heterocycles. The van der Waals surface area contributed by atoms with E-state index in [1.54, 1.807) is 0 Å². The maximum Gasteiger partial charge on any atom is 0.472 e. The van der Waals surface area contributed by atoms with Crippen molar-refractivity contribution < 1.29 is 47.5 Å². The summed E-state index contributed by atoms with van der Waals surface area (Å²) in [5, 5.41) is 8.89. The van der Waals surface area contributed by atoms with Crippen LogP contribution in [-0.2, 0) is 37.5 Å². The number of esters is 2. The van der Waals surface area contributed by atoms with Gasteiger partial charge in [0.2, 0.25) is 0 Å². The molecule has 59 heavy (non-hydrogen) atoms. The summed E-state index contributed by atoms with van der Waals surface area (Å²) in [7, 11) is -4.75. The molecule has 12 heteroatoms. The summed E-state index contributed by atoms with van der Waals surface area (Å²) in [6, 6.07) is -1.54. The molecule has 3 atom stereocenters. The number of hydrogen-bond donors (Lipinski definition) is 3. The second kappa shape index (κ2) is 40.7. The molecule has 0 saturated heterocycles. The molecule has 0 fully saturated rings. The molecule has 330 valence electrons. The summed E-state index contributed by atoms with van der Waals surface area (Å²) < 4.78 is 32.6. The van der Waals surface area contributed by atoms with Crippen LogP contribution in [0.5, 0.6) is 0 Å². The van der Waals surface area contributed by atoms with Crippen molar-refractivity contribution in [2.75, 3.05) is 19.8 Å². The Kier molecular flexibility index (Phi) is 37.8. The first-order valence-electron chi connectivity index (χ1n) is 21.1. The molecule has 0 aromatic rings. The molecule has 0 saturated carbocycles. The van der Waals surface area contributed by atoms with Gasteiger partial charge in [0.1, 0.15) is 12.6 Å². The van der Waals surface area contributed by atoms with E-state index in [0.29, 0.717) is 19.3 Å². The van der Waals surface area contributed by atoms with Gasteiger partial charge in [0.05, 0.1) is 13.2 Å². The number of ether oxygens (including phenoxy) is 2. The number of nitrogens with two attached hydrogens (primary N) is 1. The van der Waals surface area contributed by atoms with Gasteiger partial charge < -0.3 is 25.2 Å². The summed E-state index contributed by atoms with van der Waals surface area (Å²) in [6.45, 7) is 2.44. The van der Waals surface area contributed by atoms with E-state index in [-0.39, 0.29) is 12.8 Å². The summed E-state index contributed by atoms with van der Waals surface area (Å²) >= 11 is 0. The van der Waals surface area contributed by atoms with Crippen molar-refractivity contribution >= 4 is 25.7 Å². The Hall–Kier alpha value is -4.12. The molecule has 0 aliphatic heterocycles. The van der Waals surface area contributed by atoms with Crippen LogP contribution in [0.1, 0.15) is 123 Å². The fourth-order valence-electron chi connectivity index (χ4n) is 4.71. The Balaban J connectivity index is 4.59. The molecule has 0 aliphatic carbocycles. The lowest BCUT2D eigenvalue weighted by Gasteiger charge is -2.20. The van der Waals surface area contributed by atoms with Gasteiger partial charge in [-0.05, 0) is 96.3 Å². The quantitative estimate of drug-likeness (QED) is 0.0235. The highest BCUT2D eigenvalue weighted by atomic mass is 31.2. The Morgan fingerprint density at radius 2 is 0.898 bits per heavy atom. The minimum absolute atomic E-state index is 0.0865. The zero-order valence-corrected chi connectivity index (χ0v) is 36.4. The Labute approximate surface area is 354 Å². The van der Waals surface area contributed by atoms with Crippen LogP contribution in [0.2, 0.25) is 0 Å². The second-order valence-corrected chi connectivity index (χ2v) is 14.8. The molecule has 0 spiro atoms. The predicted octanol–water partition coefficient (Wildman–Crippen LogP) is 11.2. The highest BCUT2D eigenvalue weighted by Crippen LogP contribution is 2.43. The number of carboxylic acids is 1. The molecule has 0 radical (unpaired) electrons. The Morgan fingerprint density at radius 3 is 1.32 bits per heavy atom. The molecule has 0 aromatic carbocycles. The van der Waals surface area contributed by atoms with Crippen LogP contribution in [0.25, 0.3) is 0 Å². The van der Waals surface area contributed by atoms with Gasteiger partial charge >= 0.3 is 25.7 Å². The van der Waals surface area contributed by atoms with E-state index in [0.717, 1.165) is 77.0 Å². The van der Waals surface area contributed by atoms with E-state index in [1.165, 1.54) is 0 Å². The fraction of sp³-hybridized carbons (Fsp3) is 0.511. The van der Waals surface area contributed by atoms with E-state index >= 15 is 0 Å². The standard InChI is InChI=1S/C47H72NO10P/c1-3-5-7-9-11-13-15-17-19-21-23-25-27-29-31-33-35-37-39-46(50)58-43(41-56-59(53,54)57-42-44(48)47(51)52)40-55-45(49)38-36-34-32-30-28-26-24-22-20-18-16-14-12-10-8-6-4-2/h5-8,11-14,17-20,23-26,29-32,43-44H,3-4,9-10,15-16,21-22,27-28,33-42,48H2,1-2H3,(H,51,52)(H,53,54)/b7-5-,8-6-,13-11-,14-12-,19-17-,20-18-,25-23-,26-24-,31-29-,32-30-/t43-,44?/m1/s1. The molecule has 0 amide bonds. The molecular weight excluding hydrogens is 769 g/mol. The SMILES string of the molecule is CC/C=C\C/C=C\C/C=C\C/C=C\C/C=C\CCCCC(=O)O[C@H](COC(=O)CCC/C=C\C/C=C\C/C=C\C/C=C\C/C=C\CC)COP(=O)(O)OCC(N)C(=O)O. The first kappa shape index (κ1) is 54.9. The van der Waals surface area contributed by atoms with Gasteiger partial charge in [-0.15, -0.1) is 0 Å². The van der Waals surface area contributed by atoms with Gasteiger partial charge in [0.15, 0.2) is 6.10 Å². The summed E-state index contributed by atoms with van der Waals surface area (Å²) in [5.41, 5.74) is 5.32. The topological polar surface area (TPSA) is 172 Å². The number of rotatable bonds is 37. The zero-order chi connectivity index (χ0) is 43.5. The van der Waals surface area contributed by atoms with E-state index in [9.17, 15) is 23.8 Å². The van der Waals surface area contributed by atoms with Crippen molar-refractivity contribution in [2.24, 2.45) is 5.73 Å². The van der Waals surface area contributed by atoms with Crippen LogP contribution in [-0.4, -0.2) is 59.9 Å². The molecular formula is C47H72NO10P. The minimum Gasteiger partial charge on any atom is -0.480 e. The predicted molar refractivity (Wildman–Crippen MR) is 239 cm³/mol. The molecule has 11 nitrogen and oxygen atoms in total. The van der Waals surface area contributed by atoms with Gasteiger partial charge in [-0.25, -0.2) is 4.57 Å². The Morgan fingerprint density at radius 1 is 0.525 bits per heavy atom. The van der Waals surface area contributed by atoms with Gasteiger partial charge in [-0.2, -0.15) is 0 Å². The third-order valence-electron chi connectivity index (χ3n) is 7.96. The van der Waals surface area contributed by atoms with Gasteiger partial charge in [0, 0.05) is 12.8 Å². The van der Waals surface area contributed by atoms with E-state index in [4.69, 9.17) is 24.8 Å². The lowest BCUT2D eigenvalue weighted by atomic mass is 10.2. The van der Waals surface area contributed by atoms with Crippen LogP contribution < -0.4 is 5.73 Å². The number of aliphatic carboxylic acids is 1. The number of carbonyl (C=O) groups excluding carboxylic acids is 2. The lowest BCUT2D eigenvalue weighted by Crippen LogP contribution is -2.34. The lowest BCUT2D eigenvalue weighted by molar-refractivity contribution is -0.161. The van der Waals surface area contributed by atoms with Crippen molar-refractivity contribution in [1.29, 1.82) is 0 Å². The Bertz CT molecular complexity index is 1450. The number of hydrogen-bond acceptors (Lipinski definition) is 9. The number of phosphoric acid groups is 1. The average molecular weight is 842 g/mol. The van der Waals surface area contributed by atoms with Crippen LogP contribution in [0.3, 0.4) is 0 Å². The third-order valence-corrected chi connectivity index (χ3v) is 8.91. The van der Waals surface area contributed by atoms with Crippen LogP contribution >= 0.6 is 7.82 Å². The van der Waals surface area contributed by atoms with Crippen molar-refractivity contribution in [2.45, 2.75) is 135 Å². The number of unbranched alkanes of at least 4 members (excludes halogenated alkanes) is 3. The molecule has 0 rings (SSSR count). The van der Waals surface area contributed by atoms with Crippen molar-refractivity contribution in [3.05, 3.63) is 122 Å². The normalized spacial score (nSPS) is 14.9. The van der Waals surface area contributed by atoms with Crippen molar-refractivity contribution in [3.63, 3.8) is 0 Å². The fourth-order valence-corrected chi connectivity index (χ4v) is 5.49. The van der Waals surface area contributed by atoms with E-state index in [1.807, 2.05) is 12.2 Å². The number of allylic oxidation sites excluding steroid dienone is 20. The molecule has 0 aliphatic rings. The molecule has 2 unspecified atom stereocenters. The first-order chi connectivity index (χ1) is 28.6. The zero-order valence-electron chi connectivity index (χ0n) is 35.5. The maximum absolute atomic E-state index is 12.6. The van der Waals surface area contributed by atoms with E-state index < -0.39 is 57.7 Å². The largest absolute Gasteiger partial charge is 0.480 e. The van der Waals surface area contributed by atoms with Gasteiger partial charge in [-0.3, -0.25) is 23.4 Å². The van der Waals surface area contributed by atoms with Crippen molar-refractivity contribution in [1.82, 2.24) is 0 Å². The second-order valence-electron chi connectivity index (χ2n) is 13.4. The summed E-state index contributed by atoms with van der Waals surface area (Å²) in [4.78, 5) is 45.9. The van der Waals surface area contributed by atoms with Crippen LogP contribution in [0, 0.1) is 0 Å². The van der Waals surface area contributed by atoms with Gasteiger partial charge in [0.25, 0.3) is 0 Å². The van der Waals surface area contributed by atoms with Gasteiger partial charge in [-0.1, -0.05) is 135 Å². The maximum atomic E-state index is 12.6. The summed E-state index contributed by atoms with van der Waals surface area (Å²) in [6.07, 6.45) is 54.2. The third kappa shape index (κ3) is 40.4. The summed E-state index contributed by atoms with van der Waals surface area (Å²) in [5.74, 6) is -2.53. The monoisotopic (exact) mass is 841 g/mol. The molecule has 0 aromatic heterocycles. The number of carboxylic acid groups (broad SMARTS) is 1. The smallest absolute Gasteiger partial charge is 0.472 e. The average Bonchev–Trinajstić information content (AvgIpc) is 3.21. The molecule has 0 bridgehead atoms. The molecule has 4 N–H and O–H groups in total. The highest BCUT2D eigenvalue weighted by Gasteiger charge is 2.28. The van der Waals surface area contributed by atoms with E-state index in [2.05, 4.69) is 128 Å².